The molecule has 1 N–H and O–H groups in total. The standard InChI is InChI=1S/C37H27F2N5/c38-26-13-9-24(10-14-26)22-43-33-7-3-2-6-30(33)32-19-28(41-21-35(32)43)20-42-37-36-31(17-18-40-37)29-5-1-4-8-34(29)44(36)23-25-11-15-27(39)16-12-25/h1-19,21H,20,22-23H2,(H,40,42). The van der Waals surface area contributed by atoms with E-state index in [4.69, 9.17) is 9.97 Å². The van der Waals surface area contributed by atoms with E-state index in [-0.39, 0.29) is 11.6 Å². The second kappa shape index (κ2) is 10.6. The van der Waals surface area contributed by atoms with Crippen molar-refractivity contribution in [2.75, 3.05) is 5.32 Å². The first-order chi connectivity index (χ1) is 21.6. The molecule has 0 aliphatic heterocycles. The van der Waals surface area contributed by atoms with Crippen LogP contribution in [-0.4, -0.2) is 19.1 Å². The molecule has 0 aliphatic carbocycles. The highest BCUT2D eigenvalue weighted by Gasteiger charge is 2.16. The van der Waals surface area contributed by atoms with Crippen LogP contribution in [0.25, 0.3) is 43.6 Å². The van der Waals surface area contributed by atoms with Gasteiger partial charge in [-0.1, -0.05) is 60.7 Å². The third-order valence-corrected chi connectivity index (χ3v) is 8.34. The predicted molar refractivity (Wildman–Crippen MR) is 173 cm³/mol. The van der Waals surface area contributed by atoms with Crippen molar-refractivity contribution in [1.29, 1.82) is 0 Å². The monoisotopic (exact) mass is 579 g/mol. The Bertz CT molecular complexity index is 2300. The van der Waals surface area contributed by atoms with E-state index in [1.807, 2.05) is 67.0 Å². The highest BCUT2D eigenvalue weighted by atomic mass is 19.1. The molecular weight excluding hydrogens is 552 g/mol. The Morgan fingerprint density at radius 3 is 1.84 bits per heavy atom. The average molecular weight is 580 g/mol. The van der Waals surface area contributed by atoms with Crippen LogP contribution in [0.3, 0.4) is 0 Å². The van der Waals surface area contributed by atoms with Crippen LogP contribution in [0.15, 0.2) is 122 Å². The van der Waals surface area contributed by atoms with E-state index in [0.717, 1.165) is 66.3 Å². The van der Waals surface area contributed by atoms with Crippen molar-refractivity contribution in [1.82, 2.24) is 19.1 Å². The van der Waals surface area contributed by atoms with Gasteiger partial charge in [-0.3, -0.25) is 4.98 Å². The van der Waals surface area contributed by atoms with Gasteiger partial charge in [0.05, 0.1) is 29.5 Å². The second-order valence-electron chi connectivity index (χ2n) is 11.1. The number of benzene rings is 4. The van der Waals surface area contributed by atoms with Crippen molar-refractivity contribution >= 4 is 49.4 Å². The van der Waals surface area contributed by atoms with Crippen molar-refractivity contribution in [2.24, 2.45) is 0 Å². The maximum atomic E-state index is 13.6. The summed E-state index contributed by atoms with van der Waals surface area (Å²) in [5.41, 5.74) is 7.14. The lowest BCUT2D eigenvalue weighted by Crippen LogP contribution is -2.07. The van der Waals surface area contributed by atoms with Gasteiger partial charge >= 0.3 is 0 Å². The summed E-state index contributed by atoms with van der Waals surface area (Å²) in [6.45, 7) is 1.69. The fraction of sp³-hybridized carbons (Fsp3) is 0.0811. The fourth-order valence-corrected chi connectivity index (χ4v) is 6.27. The molecule has 0 amide bonds. The third-order valence-electron chi connectivity index (χ3n) is 8.34. The van der Waals surface area contributed by atoms with Gasteiger partial charge in [-0.05, 0) is 59.7 Å². The summed E-state index contributed by atoms with van der Waals surface area (Å²) in [5.74, 6) is 0.278. The van der Waals surface area contributed by atoms with Gasteiger partial charge in [0, 0.05) is 51.9 Å². The van der Waals surface area contributed by atoms with E-state index in [1.54, 1.807) is 0 Å². The van der Waals surface area contributed by atoms with Gasteiger partial charge in [0.2, 0.25) is 0 Å². The lowest BCUT2D eigenvalue weighted by molar-refractivity contribution is 0.626. The highest BCUT2D eigenvalue weighted by Crippen LogP contribution is 2.34. The minimum Gasteiger partial charge on any atom is -0.363 e. The molecule has 7 heteroatoms. The van der Waals surface area contributed by atoms with Crippen LogP contribution in [0.5, 0.6) is 0 Å². The van der Waals surface area contributed by atoms with E-state index in [9.17, 15) is 8.78 Å². The Kier molecular flexibility index (Phi) is 6.30. The number of anilines is 1. The van der Waals surface area contributed by atoms with Gasteiger partial charge in [-0.2, -0.15) is 0 Å². The Morgan fingerprint density at radius 2 is 1.16 bits per heavy atom. The number of halogens is 2. The van der Waals surface area contributed by atoms with Crippen molar-refractivity contribution in [3.63, 3.8) is 0 Å². The Labute approximate surface area is 252 Å². The van der Waals surface area contributed by atoms with Crippen LogP contribution in [0.4, 0.5) is 14.6 Å². The van der Waals surface area contributed by atoms with E-state index in [2.05, 4.69) is 44.8 Å². The van der Waals surface area contributed by atoms with E-state index < -0.39 is 0 Å². The summed E-state index contributed by atoms with van der Waals surface area (Å²) in [6, 6.07) is 34.1. The number of hydrogen-bond acceptors (Lipinski definition) is 3. The van der Waals surface area contributed by atoms with Crippen LogP contribution in [0, 0.1) is 11.6 Å². The van der Waals surface area contributed by atoms with E-state index in [1.165, 1.54) is 24.3 Å². The molecule has 4 heterocycles. The first-order valence-electron chi connectivity index (χ1n) is 14.6. The molecule has 4 aromatic heterocycles. The van der Waals surface area contributed by atoms with Crippen LogP contribution in [0.1, 0.15) is 16.8 Å². The summed E-state index contributed by atoms with van der Waals surface area (Å²) in [6.07, 6.45) is 3.76. The molecule has 44 heavy (non-hydrogen) atoms. The highest BCUT2D eigenvalue weighted by molar-refractivity contribution is 6.11. The Balaban J connectivity index is 1.17. The number of rotatable bonds is 7. The molecule has 0 fully saturated rings. The number of aromatic nitrogens is 4. The van der Waals surface area contributed by atoms with Gasteiger partial charge in [-0.25, -0.2) is 13.8 Å². The third kappa shape index (κ3) is 4.54. The van der Waals surface area contributed by atoms with Crippen molar-refractivity contribution in [3.8, 4) is 0 Å². The molecule has 8 aromatic rings. The predicted octanol–water partition coefficient (Wildman–Crippen LogP) is 8.68. The SMILES string of the molecule is Fc1ccc(Cn2c3ccccc3c3cc(CNc4nccc5c6ccccc6n(Cc6ccc(F)cc6)c45)ncc32)cc1. The minimum atomic E-state index is -0.247. The molecule has 0 radical (unpaired) electrons. The fourth-order valence-electron chi connectivity index (χ4n) is 6.27. The summed E-state index contributed by atoms with van der Waals surface area (Å²) < 4.78 is 31.7. The molecule has 0 saturated carbocycles. The Hall–Kier alpha value is -5.56. The molecule has 0 unspecified atom stereocenters. The van der Waals surface area contributed by atoms with Crippen LogP contribution in [-0.2, 0) is 19.6 Å². The van der Waals surface area contributed by atoms with Gasteiger partial charge < -0.3 is 14.5 Å². The van der Waals surface area contributed by atoms with Crippen molar-refractivity contribution in [3.05, 3.63) is 150 Å². The molecule has 5 nitrogen and oxygen atoms in total. The van der Waals surface area contributed by atoms with Gasteiger partial charge in [0.25, 0.3) is 0 Å². The largest absolute Gasteiger partial charge is 0.363 e. The molecule has 8 rings (SSSR count). The summed E-state index contributed by atoms with van der Waals surface area (Å²) in [5, 5.41) is 8.08. The number of hydrogen-bond donors (Lipinski definition) is 1. The molecule has 0 bridgehead atoms. The summed E-state index contributed by atoms with van der Waals surface area (Å²) in [4.78, 5) is 9.59. The topological polar surface area (TPSA) is 47.7 Å². The number of para-hydroxylation sites is 2. The molecular formula is C37H27F2N5. The Morgan fingerprint density at radius 1 is 0.568 bits per heavy atom. The number of nitrogens with zero attached hydrogens (tertiary/aromatic N) is 4. The molecule has 0 saturated heterocycles. The summed E-state index contributed by atoms with van der Waals surface area (Å²) in [7, 11) is 0. The van der Waals surface area contributed by atoms with Crippen LogP contribution < -0.4 is 5.32 Å². The van der Waals surface area contributed by atoms with E-state index >= 15 is 0 Å². The lowest BCUT2D eigenvalue weighted by atomic mass is 10.1. The van der Waals surface area contributed by atoms with Crippen LogP contribution >= 0.6 is 0 Å². The maximum Gasteiger partial charge on any atom is 0.150 e. The van der Waals surface area contributed by atoms with Crippen molar-refractivity contribution < 1.29 is 8.78 Å². The van der Waals surface area contributed by atoms with Crippen molar-refractivity contribution in [2.45, 2.75) is 19.6 Å². The number of pyridine rings is 2. The second-order valence-corrected chi connectivity index (χ2v) is 11.1. The van der Waals surface area contributed by atoms with Crippen LogP contribution in [0.2, 0.25) is 0 Å². The van der Waals surface area contributed by atoms with E-state index in [0.29, 0.717) is 19.6 Å². The smallest absolute Gasteiger partial charge is 0.150 e. The van der Waals surface area contributed by atoms with Gasteiger partial charge in [0.1, 0.15) is 11.6 Å². The lowest BCUT2D eigenvalue weighted by Gasteiger charge is -2.12. The molecule has 214 valence electrons. The zero-order valence-electron chi connectivity index (χ0n) is 23.7. The molecule has 0 atom stereocenters. The van der Waals surface area contributed by atoms with Gasteiger partial charge in [-0.15, -0.1) is 0 Å². The quantitative estimate of drug-likeness (QED) is 0.206. The average Bonchev–Trinajstić information content (AvgIpc) is 3.55. The summed E-state index contributed by atoms with van der Waals surface area (Å²) >= 11 is 0. The first kappa shape index (κ1) is 26.1. The number of nitrogens with one attached hydrogen (secondary N) is 1. The maximum absolute atomic E-state index is 13.6. The minimum absolute atomic E-state index is 0.240. The number of fused-ring (bicyclic) bond motifs is 6. The molecule has 4 aromatic carbocycles. The molecule has 0 aliphatic rings. The molecule has 0 spiro atoms. The van der Waals surface area contributed by atoms with Gasteiger partial charge in [0.15, 0.2) is 5.82 Å². The zero-order valence-corrected chi connectivity index (χ0v) is 23.7. The normalized spacial score (nSPS) is 11.7. The zero-order chi connectivity index (χ0) is 29.6. The first-order valence-corrected chi connectivity index (χ1v) is 14.6.